The third kappa shape index (κ3) is 3.10. The molecule has 0 aliphatic heterocycles. The highest BCUT2D eigenvalue weighted by molar-refractivity contribution is 5.89. The van der Waals surface area contributed by atoms with Gasteiger partial charge in [-0.25, -0.2) is 4.98 Å². The molecule has 1 aromatic heterocycles. The van der Waals surface area contributed by atoms with E-state index in [9.17, 15) is 0 Å². The van der Waals surface area contributed by atoms with Crippen LogP contribution in [0.15, 0.2) is 146 Å². The van der Waals surface area contributed by atoms with Crippen molar-refractivity contribution in [3.05, 3.63) is 179 Å². The summed E-state index contributed by atoms with van der Waals surface area (Å²) in [6.07, 6.45) is 0. The lowest BCUT2D eigenvalue weighted by atomic mass is 9.55. The average molecular weight is 551 g/mol. The number of rotatable bonds is 2. The Morgan fingerprint density at radius 3 is 1.77 bits per heavy atom. The van der Waals surface area contributed by atoms with Gasteiger partial charge < -0.3 is 0 Å². The lowest BCUT2D eigenvalue weighted by Crippen LogP contribution is -2.40. The molecule has 9 rings (SSSR count). The van der Waals surface area contributed by atoms with Crippen molar-refractivity contribution in [3.63, 3.8) is 0 Å². The number of para-hydroxylation sites is 2. The maximum Gasteiger partial charge on any atom is 0.145 e. The number of aromatic nitrogens is 2. The standard InChI is InChI=1S/C41H30N2/c1-40(2)33-20-10-11-21-35(33)41(31-18-8-6-16-29(31)30-17-7-9-19-32(30)41)36-26-28(24-25-34(36)40)43-38-23-13-12-22-37(38)42-39(43)27-14-4-3-5-15-27/h3-26H,1-2H3. The number of hydrogen-bond acceptors (Lipinski definition) is 1. The Morgan fingerprint density at radius 2 is 1.05 bits per heavy atom. The fourth-order valence-corrected chi connectivity index (χ4v) is 8.06. The normalized spacial score (nSPS) is 15.1. The predicted octanol–water partition coefficient (Wildman–Crippen LogP) is 9.69. The van der Waals surface area contributed by atoms with Gasteiger partial charge in [0, 0.05) is 16.7 Å². The first-order chi connectivity index (χ1) is 21.1. The van der Waals surface area contributed by atoms with Gasteiger partial charge in [0.25, 0.3) is 0 Å². The molecule has 0 bridgehead atoms. The number of fused-ring (bicyclic) bond motifs is 10. The van der Waals surface area contributed by atoms with Crippen LogP contribution in [0, 0.1) is 0 Å². The van der Waals surface area contributed by atoms with Gasteiger partial charge in [-0.15, -0.1) is 0 Å². The van der Waals surface area contributed by atoms with Crippen LogP contribution in [0.2, 0.25) is 0 Å². The topological polar surface area (TPSA) is 17.8 Å². The van der Waals surface area contributed by atoms with Gasteiger partial charge >= 0.3 is 0 Å². The van der Waals surface area contributed by atoms with E-state index in [1.165, 1.54) is 44.5 Å². The van der Waals surface area contributed by atoms with E-state index < -0.39 is 5.41 Å². The quantitative estimate of drug-likeness (QED) is 0.209. The first-order valence-electron chi connectivity index (χ1n) is 15.1. The second-order valence-electron chi connectivity index (χ2n) is 12.4. The van der Waals surface area contributed by atoms with Crippen LogP contribution in [-0.4, -0.2) is 9.55 Å². The highest BCUT2D eigenvalue weighted by Crippen LogP contribution is 2.62. The fourth-order valence-electron chi connectivity index (χ4n) is 8.06. The van der Waals surface area contributed by atoms with Gasteiger partial charge in [0.2, 0.25) is 0 Å². The number of nitrogens with zero attached hydrogens (tertiary/aromatic N) is 2. The highest BCUT2D eigenvalue weighted by Gasteiger charge is 2.53. The van der Waals surface area contributed by atoms with Crippen molar-refractivity contribution in [1.82, 2.24) is 9.55 Å². The van der Waals surface area contributed by atoms with E-state index in [0.717, 1.165) is 28.1 Å². The van der Waals surface area contributed by atoms with Crippen molar-refractivity contribution < 1.29 is 0 Å². The summed E-state index contributed by atoms with van der Waals surface area (Å²) in [5, 5.41) is 0. The second-order valence-corrected chi connectivity index (χ2v) is 12.4. The zero-order chi connectivity index (χ0) is 28.8. The van der Waals surface area contributed by atoms with Gasteiger partial charge in [0.15, 0.2) is 0 Å². The Balaban J connectivity index is 1.43. The molecule has 204 valence electrons. The molecule has 0 fully saturated rings. The summed E-state index contributed by atoms with van der Waals surface area (Å²) in [5.41, 5.74) is 14.6. The zero-order valence-electron chi connectivity index (χ0n) is 24.3. The van der Waals surface area contributed by atoms with Gasteiger partial charge in [-0.3, -0.25) is 4.57 Å². The number of benzene rings is 6. The lowest BCUT2D eigenvalue weighted by molar-refractivity contribution is 0.563. The molecule has 0 N–H and O–H groups in total. The molecule has 0 unspecified atom stereocenters. The first-order valence-corrected chi connectivity index (χ1v) is 15.1. The molecule has 0 saturated carbocycles. The smallest absolute Gasteiger partial charge is 0.145 e. The molecular formula is C41H30N2. The molecule has 1 spiro atoms. The molecule has 2 aliphatic carbocycles. The van der Waals surface area contributed by atoms with Crippen molar-refractivity contribution in [2.75, 3.05) is 0 Å². The summed E-state index contributed by atoms with van der Waals surface area (Å²) >= 11 is 0. The van der Waals surface area contributed by atoms with Crippen molar-refractivity contribution >= 4 is 11.0 Å². The van der Waals surface area contributed by atoms with Crippen LogP contribution in [0.4, 0.5) is 0 Å². The van der Waals surface area contributed by atoms with Crippen molar-refractivity contribution in [1.29, 1.82) is 0 Å². The largest absolute Gasteiger partial charge is 0.292 e. The highest BCUT2D eigenvalue weighted by atomic mass is 15.1. The van der Waals surface area contributed by atoms with E-state index in [4.69, 9.17) is 4.98 Å². The van der Waals surface area contributed by atoms with E-state index in [1.807, 2.05) is 0 Å². The van der Waals surface area contributed by atoms with E-state index in [-0.39, 0.29) is 5.41 Å². The third-order valence-corrected chi connectivity index (χ3v) is 9.89. The Kier molecular flexibility index (Phi) is 4.91. The van der Waals surface area contributed by atoms with Gasteiger partial charge in [0.1, 0.15) is 5.82 Å². The van der Waals surface area contributed by atoms with E-state index in [1.54, 1.807) is 0 Å². The minimum Gasteiger partial charge on any atom is -0.292 e. The monoisotopic (exact) mass is 550 g/mol. The molecule has 7 aromatic rings. The van der Waals surface area contributed by atoms with Crippen molar-refractivity contribution in [2.45, 2.75) is 24.7 Å². The molecule has 0 amide bonds. The molecule has 43 heavy (non-hydrogen) atoms. The number of hydrogen-bond donors (Lipinski definition) is 0. The van der Waals surface area contributed by atoms with E-state index >= 15 is 0 Å². The minimum absolute atomic E-state index is 0.165. The minimum atomic E-state index is -0.423. The van der Waals surface area contributed by atoms with E-state index in [2.05, 4.69) is 164 Å². The van der Waals surface area contributed by atoms with Crippen LogP contribution in [0.3, 0.4) is 0 Å². The number of imidazole rings is 1. The molecule has 6 aromatic carbocycles. The maximum absolute atomic E-state index is 5.16. The summed E-state index contributed by atoms with van der Waals surface area (Å²) < 4.78 is 2.35. The molecule has 0 atom stereocenters. The van der Waals surface area contributed by atoms with Gasteiger partial charge in [0.05, 0.1) is 16.4 Å². The molecule has 0 radical (unpaired) electrons. The van der Waals surface area contributed by atoms with Crippen LogP contribution >= 0.6 is 0 Å². The van der Waals surface area contributed by atoms with Crippen LogP contribution in [0.25, 0.3) is 39.2 Å². The molecular weight excluding hydrogens is 520 g/mol. The van der Waals surface area contributed by atoms with Gasteiger partial charge in [-0.2, -0.15) is 0 Å². The Morgan fingerprint density at radius 1 is 0.488 bits per heavy atom. The Hall–Kier alpha value is -5.21. The van der Waals surface area contributed by atoms with Gasteiger partial charge in [-0.1, -0.05) is 135 Å². The Labute approximate surface area is 251 Å². The molecule has 2 heteroatoms. The van der Waals surface area contributed by atoms with Crippen molar-refractivity contribution in [3.8, 4) is 28.2 Å². The summed E-state index contributed by atoms with van der Waals surface area (Å²) in [4.78, 5) is 5.16. The zero-order valence-corrected chi connectivity index (χ0v) is 24.3. The van der Waals surface area contributed by atoms with Crippen LogP contribution < -0.4 is 0 Å². The molecule has 0 saturated heterocycles. The summed E-state index contributed by atoms with van der Waals surface area (Å²) in [6, 6.07) is 53.4. The van der Waals surface area contributed by atoms with Crippen LogP contribution in [0.5, 0.6) is 0 Å². The summed E-state index contributed by atoms with van der Waals surface area (Å²) in [5.74, 6) is 0.957. The first kappa shape index (κ1) is 24.4. The molecule has 2 aliphatic rings. The van der Waals surface area contributed by atoms with Crippen LogP contribution in [0.1, 0.15) is 47.2 Å². The fraction of sp³-hybridized carbons (Fsp3) is 0.0976. The third-order valence-electron chi connectivity index (χ3n) is 9.89. The maximum atomic E-state index is 5.16. The van der Waals surface area contributed by atoms with Gasteiger partial charge in [-0.05, 0) is 68.8 Å². The Bertz CT molecular complexity index is 2170. The molecule has 2 nitrogen and oxygen atoms in total. The summed E-state index contributed by atoms with van der Waals surface area (Å²) in [7, 11) is 0. The summed E-state index contributed by atoms with van der Waals surface area (Å²) in [6.45, 7) is 4.76. The SMILES string of the molecule is CC1(C)c2ccccc2C2(c3ccccc3-c3ccccc32)c2cc(-n3c(-c4ccccc4)nc4ccccc43)ccc21. The van der Waals surface area contributed by atoms with Crippen LogP contribution in [-0.2, 0) is 10.8 Å². The second kappa shape index (κ2) is 8.65. The average Bonchev–Trinajstić information content (AvgIpc) is 3.59. The predicted molar refractivity (Wildman–Crippen MR) is 176 cm³/mol. The lowest BCUT2D eigenvalue weighted by Gasteiger charge is -2.46. The molecule has 1 heterocycles. The van der Waals surface area contributed by atoms with E-state index in [0.29, 0.717) is 0 Å². The van der Waals surface area contributed by atoms with Crippen molar-refractivity contribution in [2.24, 2.45) is 0 Å².